The molecule has 2 amide bonds. The molecule has 0 saturated carbocycles. The number of hydrogen-bond acceptors (Lipinski definition) is 1. The summed E-state index contributed by atoms with van der Waals surface area (Å²) in [5, 5.41) is 3.84. The van der Waals surface area contributed by atoms with Crippen LogP contribution < -0.4 is 10.2 Å². The zero-order valence-corrected chi connectivity index (χ0v) is 14.2. The minimum Gasteiger partial charge on any atom is -0.329 e. The van der Waals surface area contributed by atoms with Gasteiger partial charge in [0.05, 0.1) is 5.54 Å². The maximum atomic E-state index is 12.8. The minimum absolute atomic E-state index is 0.0582. The van der Waals surface area contributed by atoms with Crippen LogP contribution in [-0.4, -0.2) is 12.6 Å². The van der Waals surface area contributed by atoms with E-state index in [9.17, 15) is 4.79 Å². The normalized spacial score (nSPS) is 14.3. The van der Waals surface area contributed by atoms with Crippen molar-refractivity contribution in [3.63, 3.8) is 0 Å². The number of rotatable bonds is 2. The summed E-state index contributed by atoms with van der Waals surface area (Å²) in [7, 11) is 0. The highest BCUT2D eigenvalue weighted by Crippen LogP contribution is 2.28. The van der Waals surface area contributed by atoms with Crippen LogP contribution in [0.4, 0.5) is 10.5 Å². The van der Waals surface area contributed by atoms with Gasteiger partial charge in [0, 0.05) is 17.3 Å². The fourth-order valence-corrected chi connectivity index (χ4v) is 3.14. The average molecular weight is 329 g/mol. The summed E-state index contributed by atoms with van der Waals surface area (Å²) in [5.74, 6) is 0. The number of benzene rings is 2. The molecule has 23 heavy (non-hydrogen) atoms. The Kier molecular flexibility index (Phi) is 4.31. The second-order valence-electron chi connectivity index (χ2n) is 6.45. The van der Waals surface area contributed by atoms with E-state index in [1.54, 1.807) is 0 Å². The lowest BCUT2D eigenvalue weighted by Crippen LogP contribution is -2.50. The van der Waals surface area contributed by atoms with Crippen LogP contribution in [0, 0.1) is 0 Å². The highest BCUT2D eigenvalue weighted by Gasteiger charge is 2.28. The molecular formula is C19H21ClN2O. The van der Waals surface area contributed by atoms with Gasteiger partial charge in [-0.1, -0.05) is 41.9 Å². The van der Waals surface area contributed by atoms with Gasteiger partial charge in [-0.2, -0.15) is 0 Å². The third-order valence-electron chi connectivity index (χ3n) is 4.34. The van der Waals surface area contributed by atoms with Gasteiger partial charge in [-0.25, -0.2) is 4.79 Å². The molecule has 1 aliphatic heterocycles. The predicted octanol–water partition coefficient (Wildman–Crippen LogP) is 4.74. The summed E-state index contributed by atoms with van der Waals surface area (Å²) >= 11 is 5.95. The van der Waals surface area contributed by atoms with Gasteiger partial charge in [0.15, 0.2) is 0 Å². The summed E-state index contributed by atoms with van der Waals surface area (Å²) in [4.78, 5) is 14.6. The number of urea groups is 1. The number of aryl methyl sites for hydroxylation is 1. The van der Waals surface area contributed by atoms with Crippen molar-refractivity contribution in [2.45, 2.75) is 32.2 Å². The second kappa shape index (κ2) is 6.25. The number of anilines is 1. The molecule has 120 valence electrons. The van der Waals surface area contributed by atoms with Crippen molar-refractivity contribution in [3.8, 4) is 0 Å². The summed E-state index contributed by atoms with van der Waals surface area (Å²) in [6.45, 7) is 4.76. The Labute approximate surface area is 142 Å². The van der Waals surface area contributed by atoms with E-state index in [0.29, 0.717) is 5.02 Å². The maximum Gasteiger partial charge on any atom is 0.322 e. The van der Waals surface area contributed by atoms with E-state index in [1.807, 2.05) is 61.2 Å². The van der Waals surface area contributed by atoms with E-state index in [0.717, 1.165) is 30.6 Å². The van der Waals surface area contributed by atoms with Crippen LogP contribution >= 0.6 is 11.6 Å². The number of halogens is 1. The van der Waals surface area contributed by atoms with Crippen molar-refractivity contribution >= 4 is 23.3 Å². The standard InChI is InChI=1S/C19H21ClN2O/c1-19(2,15-9-11-16(20)12-10-15)21-18(23)22-13-5-7-14-6-3-4-8-17(14)22/h3-4,6,8-12H,5,7,13H2,1-2H3,(H,21,23). The lowest BCUT2D eigenvalue weighted by atomic mass is 9.94. The van der Waals surface area contributed by atoms with Gasteiger partial charge in [-0.3, -0.25) is 4.90 Å². The van der Waals surface area contributed by atoms with Crippen molar-refractivity contribution in [2.75, 3.05) is 11.4 Å². The number of nitrogens with one attached hydrogen (secondary N) is 1. The van der Waals surface area contributed by atoms with Crippen molar-refractivity contribution in [1.29, 1.82) is 0 Å². The summed E-state index contributed by atoms with van der Waals surface area (Å²) in [5.41, 5.74) is 2.82. The lowest BCUT2D eigenvalue weighted by Gasteiger charge is -2.34. The van der Waals surface area contributed by atoms with Crippen LogP contribution in [0.25, 0.3) is 0 Å². The van der Waals surface area contributed by atoms with Gasteiger partial charge in [0.1, 0.15) is 0 Å². The number of fused-ring (bicyclic) bond motifs is 1. The molecule has 0 aliphatic carbocycles. The van der Waals surface area contributed by atoms with E-state index in [2.05, 4.69) is 11.4 Å². The summed E-state index contributed by atoms with van der Waals surface area (Å²) in [6, 6.07) is 15.7. The number of carbonyl (C=O) groups is 1. The molecule has 0 atom stereocenters. The number of amides is 2. The third-order valence-corrected chi connectivity index (χ3v) is 4.59. The smallest absolute Gasteiger partial charge is 0.322 e. The highest BCUT2D eigenvalue weighted by atomic mass is 35.5. The van der Waals surface area contributed by atoms with Crippen LogP contribution in [-0.2, 0) is 12.0 Å². The largest absolute Gasteiger partial charge is 0.329 e. The van der Waals surface area contributed by atoms with Crippen LogP contribution in [0.3, 0.4) is 0 Å². The number of nitrogens with zero attached hydrogens (tertiary/aromatic N) is 1. The van der Waals surface area contributed by atoms with Crippen molar-refractivity contribution in [2.24, 2.45) is 0 Å². The minimum atomic E-state index is -0.464. The first-order chi connectivity index (χ1) is 11.0. The fraction of sp³-hybridized carbons (Fsp3) is 0.316. The summed E-state index contributed by atoms with van der Waals surface area (Å²) < 4.78 is 0. The van der Waals surface area contributed by atoms with E-state index in [-0.39, 0.29) is 6.03 Å². The predicted molar refractivity (Wildman–Crippen MR) is 95.1 cm³/mol. The first-order valence-electron chi connectivity index (χ1n) is 7.91. The number of carbonyl (C=O) groups excluding carboxylic acids is 1. The zero-order valence-electron chi connectivity index (χ0n) is 13.5. The Morgan fingerprint density at radius 1 is 1.13 bits per heavy atom. The lowest BCUT2D eigenvalue weighted by molar-refractivity contribution is 0.235. The molecule has 2 aromatic rings. The molecule has 3 nitrogen and oxygen atoms in total. The SMILES string of the molecule is CC(C)(NC(=O)N1CCCc2ccccc21)c1ccc(Cl)cc1. The van der Waals surface area contributed by atoms with Crippen LogP contribution in [0.1, 0.15) is 31.4 Å². The van der Waals surface area contributed by atoms with Crippen LogP contribution in [0.2, 0.25) is 5.02 Å². The van der Waals surface area contributed by atoms with E-state index in [1.165, 1.54) is 5.56 Å². The maximum absolute atomic E-state index is 12.8. The molecule has 4 heteroatoms. The quantitative estimate of drug-likeness (QED) is 0.848. The van der Waals surface area contributed by atoms with Crippen molar-refractivity contribution < 1.29 is 4.79 Å². The first-order valence-corrected chi connectivity index (χ1v) is 8.29. The Morgan fingerprint density at radius 3 is 2.57 bits per heavy atom. The van der Waals surface area contributed by atoms with E-state index in [4.69, 9.17) is 11.6 Å². The fourth-order valence-electron chi connectivity index (χ4n) is 3.02. The van der Waals surface area contributed by atoms with Gasteiger partial charge in [-0.05, 0) is 56.0 Å². The van der Waals surface area contributed by atoms with Crippen LogP contribution in [0.15, 0.2) is 48.5 Å². The van der Waals surface area contributed by atoms with Gasteiger partial charge in [0.25, 0.3) is 0 Å². The van der Waals surface area contributed by atoms with Gasteiger partial charge in [0.2, 0.25) is 0 Å². The molecule has 2 aromatic carbocycles. The molecule has 0 spiro atoms. The second-order valence-corrected chi connectivity index (χ2v) is 6.88. The van der Waals surface area contributed by atoms with Gasteiger partial charge in [-0.15, -0.1) is 0 Å². The molecule has 0 bridgehead atoms. The van der Waals surface area contributed by atoms with Crippen LogP contribution in [0.5, 0.6) is 0 Å². The van der Waals surface area contributed by atoms with Crippen molar-refractivity contribution in [3.05, 3.63) is 64.7 Å². The average Bonchev–Trinajstić information content (AvgIpc) is 2.54. The Hall–Kier alpha value is -2.00. The Balaban J connectivity index is 1.80. The third kappa shape index (κ3) is 3.35. The highest BCUT2D eigenvalue weighted by molar-refractivity contribution is 6.30. The monoisotopic (exact) mass is 328 g/mol. The first kappa shape index (κ1) is 15.9. The topological polar surface area (TPSA) is 32.3 Å². The molecule has 0 aromatic heterocycles. The molecule has 0 fully saturated rings. The molecule has 1 aliphatic rings. The molecular weight excluding hydrogens is 308 g/mol. The van der Waals surface area contributed by atoms with Gasteiger partial charge >= 0.3 is 6.03 Å². The molecule has 0 unspecified atom stereocenters. The van der Waals surface area contributed by atoms with Gasteiger partial charge < -0.3 is 5.32 Å². The van der Waals surface area contributed by atoms with E-state index >= 15 is 0 Å². The molecule has 0 radical (unpaired) electrons. The zero-order chi connectivity index (χ0) is 16.4. The number of para-hydroxylation sites is 1. The number of hydrogen-bond donors (Lipinski definition) is 1. The molecule has 1 heterocycles. The molecule has 1 N–H and O–H groups in total. The van der Waals surface area contributed by atoms with Crippen molar-refractivity contribution in [1.82, 2.24) is 5.32 Å². The molecule has 0 saturated heterocycles. The Bertz CT molecular complexity index is 710. The summed E-state index contributed by atoms with van der Waals surface area (Å²) in [6.07, 6.45) is 2.02. The molecule has 3 rings (SSSR count). The van der Waals surface area contributed by atoms with E-state index < -0.39 is 5.54 Å². The Morgan fingerprint density at radius 2 is 1.83 bits per heavy atom.